The molecule has 18 heavy (non-hydrogen) atoms. The van der Waals surface area contributed by atoms with E-state index in [-0.39, 0.29) is 0 Å². The molecule has 2 N–H and O–H groups in total. The van der Waals surface area contributed by atoms with Crippen LogP contribution in [0.3, 0.4) is 0 Å². The van der Waals surface area contributed by atoms with E-state index in [1.54, 1.807) is 5.56 Å². The van der Waals surface area contributed by atoms with Gasteiger partial charge in [0.2, 0.25) is 0 Å². The number of benzene rings is 1. The molecule has 1 heterocycles. The molecule has 0 aliphatic carbocycles. The van der Waals surface area contributed by atoms with Crippen LogP contribution in [0.25, 0.3) is 0 Å². The Morgan fingerprint density at radius 1 is 1.28 bits per heavy atom. The van der Waals surface area contributed by atoms with Gasteiger partial charge in [-0.1, -0.05) is 31.2 Å². The fraction of sp³-hybridized carbons (Fsp3) is 0.625. The SMILES string of the molecule is CCC(N)CCCN1CCCc2ccccc2C1. The first-order valence-electron chi connectivity index (χ1n) is 7.34. The molecule has 0 saturated heterocycles. The van der Waals surface area contributed by atoms with Gasteiger partial charge in [-0.15, -0.1) is 0 Å². The molecular weight excluding hydrogens is 220 g/mol. The molecule has 0 spiro atoms. The van der Waals surface area contributed by atoms with Gasteiger partial charge in [0.15, 0.2) is 0 Å². The summed E-state index contributed by atoms with van der Waals surface area (Å²) in [4.78, 5) is 2.59. The Hall–Kier alpha value is -0.860. The van der Waals surface area contributed by atoms with E-state index in [1.807, 2.05) is 0 Å². The van der Waals surface area contributed by atoms with Gasteiger partial charge in [-0.25, -0.2) is 0 Å². The highest BCUT2D eigenvalue weighted by Crippen LogP contribution is 2.18. The van der Waals surface area contributed by atoms with Crippen molar-refractivity contribution in [2.45, 2.75) is 51.6 Å². The van der Waals surface area contributed by atoms with Crippen LogP contribution in [0.1, 0.15) is 43.7 Å². The van der Waals surface area contributed by atoms with E-state index in [4.69, 9.17) is 5.73 Å². The summed E-state index contributed by atoms with van der Waals surface area (Å²) in [7, 11) is 0. The van der Waals surface area contributed by atoms with Crippen LogP contribution < -0.4 is 5.73 Å². The molecule has 1 unspecified atom stereocenters. The Kier molecular flexibility index (Phi) is 5.21. The number of hydrogen-bond donors (Lipinski definition) is 1. The number of aryl methyl sites for hydroxylation is 1. The van der Waals surface area contributed by atoms with E-state index in [1.165, 1.54) is 37.9 Å². The molecule has 0 saturated carbocycles. The Balaban J connectivity index is 1.84. The Bertz CT molecular complexity index is 362. The summed E-state index contributed by atoms with van der Waals surface area (Å²) in [5, 5.41) is 0. The van der Waals surface area contributed by atoms with Crippen LogP contribution in [-0.2, 0) is 13.0 Å². The molecule has 1 aromatic rings. The van der Waals surface area contributed by atoms with Crippen LogP contribution in [0, 0.1) is 0 Å². The number of rotatable bonds is 5. The molecule has 0 radical (unpaired) electrons. The maximum absolute atomic E-state index is 5.98. The first kappa shape index (κ1) is 13.6. The van der Waals surface area contributed by atoms with Crippen LogP contribution >= 0.6 is 0 Å². The van der Waals surface area contributed by atoms with E-state index in [0.29, 0.717) is 6.04 Å². The van der Waals surface area contributed by atoms with Gasteiger partial charge >= 0.3 is 0 Å². The summed E-state index contributed by atoms with van der Waals surface area (Å²) in [6.07, 6.45) is 6.02. The number of nitrogens with two attached hydrogens (primary N) is 1. The van der Waals surface area contributed by atoms with Gasteiger partial charge in [0.05, 0.1) is 0 Å². The smallest absolute Gasteiger partial charge is 0.0236 e. The van der Waals surface area contributed by atoms with E-state index in [0.717, 1.165) is 19.4 Å². The molecule has 1 aliphatic heterocycles. The second-order valence-electron chi connectivity index (χ2n) is 5.46. The van der Waals surface area contributed by atoms with Crippen molar-refractivity contribution in [2.24, 2.45) is 5.73 Å². The second kappa shape index (κ2) is 6.91. The average molecular weight is 246 g/mol. The zero-order chi connectivity index (χ0) is 12.8. The van der Waals surface area contributed by atoms with Gasteiger partial charge in [-0.3, -0.25) is 4.90 Å². The minimum atomic E-state index is 0.393. The van der Waals surface area contributed by atoms with Gasteiger partial charge in [-0.05, 0) is 56.3 Å². The third kappa shape index (κ3) is 3.82. The molecule has 1 aliphatic rings. The van der Waals surface area contributed by atoms with E-state index >= 15 is 0 Å². The van der Waals surface area contributed by atoms with Crippen molar-refractivity contribution < 1.29 is 0 Å². The van der Waals surface area contributed by atoms with Crippen molar-refractivity contribution in [1.29, 1.82) is 0 Å². The highest BCUT2D eigenvalue weighted by Gasteiger charge is 2.13. The van der Waals surface area contributed by atoms with Crippen molar-refractivity contribution >= 4 is 0 Å². The zero-order valence-corrected chi connectivity index (χ0v) is 11.6. The van der Waals surface area contributed by atoms with E-state index in [2.05, 4.69) is 36.1 Å². The van der Waals surface area contributed by atoms with Gasteiger partial charge in [0.1, 0.15) is 0 Å². The lowest BCUT2D eigenvalue weighted by Crippen LogP contribution is -2.26. The van der Waals surface area contributed by atoms with Crippen molar-refractivity contribution in [2.75, 3.05) is 13.1 Å². The molecule has 2 rings (SSSR count). The topological polar surface area (TPSA) is 29.3 Å². The largest absolute Gasteiger partial charge is 0.328 e. The minimum absolute atomic E-state index is 0.393. The van der Waals surface area contributed by atoms with Gasteiger partial charge in [0, 0.05) is 12.6 Å². The van der Waals surface area contributed by atoms with Crippen molar-refractivity contribution in [3.63, 3.8) is 0 Å². The molecule has 0 amide bonds. The highest BCUT2D eigenvalue weighted by atomic mass is 15.1. The molecule has 0 fully saturated rings. The normalized spacial score (nSPS) is 18.1. The van der Waals surface area contributed by atoms with Crippen LogP contribution in [0.2, 0.25) is 0 Å². The van der Waals surface area contributed by atoms with Gasteiger partial charge in [0.25, 0.3) is 0 Å². The third-order valence-corrected chi connectivity index (χ3v) is 4.01. The lowest BCUT2D eigenvalue weighted by molar-refractivity contribution is 0.260. The van der Waals surface area contributed by atoms with E-state index < -0.39 is 0 Å². The maximum Gasteiger partial charge on any atom is 0.0236 e. The fourth-order valence-electron chi connectivity index (χ4n) is 2.74. The van der Waals surface area contributed by atoms with E-state index in [9.17, 15) is 0 Å². The minimum Gasteiger partial charge on any atom is -0.328 e. The summed E-state index contributed by atoms with van der Waals surface area (Å²) < 4.78 is 0. The van der Waals surface area contributed by atoms with Crippen LogP contribution in [-0.4, -0.2) is 24.0 Å². The van der Waals surface area contributed by atoms with Crippen LogP contribution in [0.4, 0.5) is 0 Å². The van der Waals surface area contributed by atoms with Gasteiger partial charge < -0.3 is 5.73 Å². The summed E-state index contributed by atoms with van der Waals surface area (Å²) in [5.74, 6) is 0. The predicted molar refractivity (Wildman–Crippen MR) is 77.5 cm³/mol. The maximum atomic E-state index is 5.98. The van der Waals surface area contributed by atoms with Crippen LogP contribution in [0.5, 0.6) is 0 Å². The highest BCUT2D eigenvalue weighted by molar-refractivity contribution is 5.27. The van der Waals surface area contributed by atoms with Gasteiger partial charge in [-0.2, -0.15) is 0 Å². The predicted octanol–water partition coefficient (Wildman–Crippen LogP) is 2.95. The first-order valence-corrected chi connectivity index (χ1v) is 7.34. The monoisotopic (exact) mass is 246 g/mol. The molecule has 1 atom stereocenters. The Labute approximate surface area is 111 Å². The summed E-state index contributed by atoms with van der Waals surface area (Å²) in [5.41, 5.74) is 9.05. The standard InChI is InChI=1S/C16H26N2/c1-2-16(17)10-6-12-18-11-5-9-14-7-3-4-8-15(14)13-18/h3-4,7-8,16H,2,5-6,9-13,17H2,1H3. The molecule has 2 nitrogen and oxygen atoms in total. The zero-order valence-electron chi connectivity index (χ0n) is 11.6. The molecule has 0 aromatic heterocycles. The fourth-order valence-corrected chi connectivity index (χ4v) is 2.74. The van der Waals surface area contributed by atoms with Crippen LogP contribution in [0.15, 0.2) is 24.3 Å². The Morgan fingerprint density at radius 2 is 2.06 bits per heavy atom. The summed E-state index contributed by atoms with van der Waals surface area (Å²) >= 11 is 0. The first-order chi connectivity index (χ1) is 8.79. The molecular formula is C16H26N2. The van der Waals surface area contributed by atoms with Crippen molar-refractivity contribution in [3.05, 3.63) is 35.4 Å². The molecule has 2 heteroatoms. The van der Waals surface area contributed by atoms with Crippen molar-refractivity contribution in [1.82, 2.24) is 4.90 Å². The number of nitrogens with zero attached hydrogens (tertiary/aromatic N) is 1. The average Bonchev–Trinajstić information content (AvgIpc) is 2.60. The second-order valence-corrected chi connectivity index (χ2v) is 5.46. The summed E-state index contributed by atoms with van der Waals surface area (Å²) in [6, 6.07) is 9.28. The summed E-state index contributed by atoms with van der Waals surface area (Å²) in [6.45, 7) is 5.72. The van der Waals surface area contributed by atoms with Crippen molar-refractivity contribution in [3.8, 4) is 0 Å². The number of fused-ring (bicyclic) bond motifs is 1. The lowest BCUT2D eigenvalue weighted by atomic mass is 10.0. The lowest BCUT2D eigenvalue weighted by Gasteiger charge is -2.21. The molecule has 100 valence electrons. The third-order valence-electron chi connectivity index (χ3n) is 4.01. The Morgan fingerprint density at radius 3 is 2.83 bits per heavy atom. The molecule has 0 bridgehead atoms. The number of hydrogen-bond acceptors (Lipinski definition) is 2. The molecule has 1 aromatic carbocycles. The quantitative estimate of drug-likeness (QED) is 0.865.